The second-order valence-electron chi connectivity index (χ2n) is 9.27. The molecule has 0 spiro atoms. The molecule has 6 nitrogen and oxygen atoms in total. The summed E-state index contributed by atoms with van der Waals surface area (Å²) in [5.74, 6) is 6.80. The highest BCUT2D eigenvalue weighted by molar-refractivity contribution is 7.84. The van der Waals surface area contributed by atoms with Crippen LogP contribution in [0.25, 0.3) is 16.8 Å². The molecule has 0 saturated carbocycles. The zero-order chi connectivity index (χ0) is 27.6. The minimum atomic E-state index is -4.59. The number of halogens is 3. The molecule has 0 radical (unpaired) electrons. The van der Waals surface area contributed by atoms with E-state index in [1.54, 1.807) is 30.5 Å². The third-order valence-corrected chi connectivity index (χ3v) is 7.44. The fourth-order valence-electron chi connectivity index (χ4n) is 4.35. The van der Waals surface area contributed by atoms with E-state index in [1.165, 1.54) is 28.3 Å². The first kappa shape index (κ1) is 27.4. The topological polar surface area (TPSA) is 90.2 Å². The van der Waals surface area contributed by atoms with Gasteiger partial charge in [0, 0.05) is 40.8 Å². The zero-order valence-electron chi connectivity index (χ0n) is 21.4. The average Bonchev–Trinajstić information content (AvgIpc) is 3.29. The minimum Gasteiger partial charge on any atom is -0.403 e. The van der Waals surface area contributed by atoms with Crippen molar-refractivity contribution in [2.45, 2.75) is 44.2 Å². The number of aromatic nitrogens is 2. The Morgan fingerprint density at radius 2 is 1.87 bits per heavy atom. The number of rotatable bonds is 7. The van der Waals surface area contributed by atoms with Gasteiger partial charge in [0.2, 0.25) is 0 Å². The highest BCUT2D eigenvalue weighted by Crippen LogP contribution is 2.36. The normalized spacial score (nSPS) is 15.2. The Labute approximate surface area is 222 Å². The molecule has 0 amide bonds. The van der Waals surface area contributed by atoms with E-state index >= 15 is 0 Å². The third-order valence-electron chi connectivity index (χ3n) is 6.52. The largest absolute Gasteiger partial charge is 0.434 e. The lowest BCUT2D eigenvalue weighted by Crippen LogP contribution is -2.32. The second kappa shape index (κ2) is 11.0. The molecule has 1 unspecified atom stereocenters. The first-order valence-corrected chi connectivity index (χ1v) is 13.6. The van der Waals surface area contributed by atoms with Crippen LogP contribution in [-0.2, 0) is 17.0 Å². The first-order chi connectivity index (χ1) is 18.0. The summed E-state index contributed by atoms with van der Waals surface area (Å²) in [6.45, 7) is 3.58. The van der Waals surface area contributed by atoms with Crippen molar-refractivity contribution in [2.24, 2.45) is 11.6 Å². The van der Waals surface area contributed by atoms with Gasteiger partial charge in [-0.15, -0.1) is 0 Å². The van der Waals surface area contributed by atoms with Crippen LogP contribution in [-0.4, -0.2) is 20.0 Å². The number of allylic oxidation sites excluding steroid dienone is 4. The van der Waals surface area contributed by atoms with Gasteiger partial charge in [-0.05, 0) is 62.1 Å². The van der Waals surface area contributed by atoms with Gasteiger partial charge >= 0.3 is 6.18 Å². The number of nitrogens with two attached hydrogens (primary N) is 2. The van der Waals surface area contributed by atoms with Crippen LogP contribution >= 0.6 is 0 Å². The number of aryl methyl sites for hydroxylation is 1. The number of hydrogen-bond donors (Lipinski definition) is 2. The maximum absolute atomic E-state index is 13.4. The number of hydrazine groups is 1. The summed E-state index contributed by atoms with van der Waals surface area (Å²) < 4.78 is 53.8. The quantitative estimate of drug-likeness (QED) is 0.277. The monoisotopic (exact) mass is 541 g/mol. The van der Waals surface area contributed by atoms with E-state index in [0.717, 1.165) is 35.7 Å². The number of alkyl halides is 3. The van der Waals surface area contributed by atoms with E-state index in [-0.39, 0.29) is 5.82 Å². The Balaban J connectivity index is 1.83. The van der Waals surface area contributed by atoms with Gasteiger partial charge in [-0.1, -0.05) is 41.5 Å². The summed E-state index contributed by atoms with van der Waals surface area (Å²) in [6.07, 6.45) is 5.83. The van der Waals surface area contributed by atoms with Crippen LogP contribution in [0.15, 0.2) is 88.8 Å². The molecule has 38 heavy (non-hydrogen) atoms. The fraction of sp³-hybridized carbons (Fsp3) is 0.250. The second-order valence-corrected chi connectivity index (χ2v) is 10.6. The van der Waals surface area contributed by atoms with E-state index < -0.39 is 22.7 Å². The lowest BCUT2D eigenvalue weighted by molar-refractivity contribution is -0.141. The Morgan fingerprint density at radius 3 is 2.47 bits per heavy atom. The maximum Gasteiger partial charge on any atom is 0.434 e. The number of benzene rings is 2. The molecule has 1 heterocycles. The zero-order valence-corrected chi connectivity index (χ0v) is 22.2. The van der Waals surface area contributed by atoms with Gasteiger partial charge < -0.3 is 10.3 Å². The summed E-state index contributed by atoms with van der Waals surface area (Å²) >= 11 is 0. The number of nitrogens with zero attached hydrogens (tertiary/aromatic N) is 3. The van der Waals surface area contributed by atoms with Crippen molar-refractivity contribution >= 4 is 16.5 Å². The average molecular weight is 542 g/mol. The minimum absolute atomic E-state index is 0.164. The summed E-state index contributed by atoms with van der Waals surface area (Å²) in [5.41, 5.74) is 10.5. The van der Waals surface area contributed by atoms with E-state index in [0.29, 0.717) is 28.4 Å². The SMILES string of the molecule is CC1=CC=C(C/C(=C/N)N(N)c2cc(-c3cccc(S(C)=O)c3)ccc2-n2cc(C(F)(F)F)nc2C)CC1. The molecule has 0 aliphatic heterocycles. The molecule has 1 aliphatic carbocycles. The lowest BCUT2D eigenvalue weighted by Gasteiger charge is -2.27. The summed E-state index contributed by atoms with van der Waals surface area (Å²) in [5, 5.41) is 1.42. The van der Waals surface area contributed by atoms with Gasteiger partial charge in [0.05, 0.1) is 17.1 Å². The van der Waals surface area contributed by atoms with Crippen molar-refractivity contribution in [3.63, 3.8) is 0 Å². The summed E-state index contributed by atoms with van der Waals surface area (Å²) in [7, 11) is -1.18. The van der Waals surface area contributed by atoms with Gasteiger partial charge in [-0.2, -0.15) is 13.2 Å². The molecule has 200 valence electrons. The van der Waals surface area contributed by atoms with Crippen LogP contribution < -0.4 is 16.6 Å². The summed E-state index contributed by atoms with van der Waals surface area (Å²) in [4.78, 5) is 4.39. The van der Waals surface area contributed by atoms with Crippen molar-refractivity contribution < 1.29 is 17.4 Å². The predicted molar refractivity (Wildman–Crippen MR) is 146 cm³/mol. The van der Waals surface area contributed by atoms with Crippen molar-refractivity contribution in [2.75, 3.05) is 11.3 Å². The molecule has 3 aromatic rings. The Kier molecular flexibility index (Phi) is 7.94. The van der Waals surface area contributed by atoms with Gasteiger partial charge in [-0.3, -0.25) is 9.22 Å². The molecule has 0 fully saturated rings. The van der Waals surface area contributed by atoms with Gasteiger partial charge in [0.1, 0.15) is 5.82 Å². The van der Waals surface area contributed by atoms with Crippen LogP contribution in [0.3, 0.4) is 0 Å². The van der Waals surface area contributed by atoms with Crippen LogP contribution in [0.5, 0.6) is 0 Å². The Morgan fingerprint density at radius 1 is 1.13 bits per heavy atom. The molecule has 0 saturated heterocycles. The molecule has 1 aliphatic rings. The Hall–Kier alpha value is -3.63. The van der Waals surface area contributed by atoms with Crippen LogP contribution in [0.4, 0.5) is 18.9 Å². The third kappa shape index (κ3) is 5.92. The highest BCUT2D eigenvalue weighted by atomic mass is 32.2. The van der Waals surface area contributed by atoms with Crippen molar-refractivity contribution in [3.05, 3.63) is 95.4 Å². The van der Waals surface area contributed by atoms with Gasteiger partial charge in [-0.25, -0.2) is 10.8 Å². The smallest absolute Gasteiger partial charge is 0.403 e. The van der Waals surface area contributed by atoms with E-state index in [1.807, 2.05) is 18.2 Å². The first-order valence-electron chi connectivity index (χ1n) is 12.0. The maximum atomic E-state index is 13.4. The molecular formula is C28H30F3N5OS. The van der Waals surface area contributed by atoms with Crippen LogP contribution in [0.2, 0.25) is 0 Å². The molecule has 1 atom stereocenters. The molecular weight excluding hydrogens is 511 g/mol. The fourth-order valence-corrected chi connectivity index (χ4v) is 4.91. The van der Waals surface area contributed by atoms with Crippen LogP contribution in [0, 0.1) is 6.92 Å². The molecule has 0 bridgehead atoms. The van der Waals surface area contributed by atoms with Crippen LogP contribution in [0.1, 0.15) is 37.7 Å². The predicted octanol–water partition coefficient (Wildman–Crippen LogP) is 6.14. The molecule has 4 rings (SSSR count). The van der Waals surface area contributed by atoms with E-state index in [4.69, 9.17) is 11.6 Å². The standard InChI is InChI=1S/C28H30F3N5OS/c1-18-7-9-20(10-8-18)13-23(16-32)36(33)26-15-22(21-5-4-6-24(14-21)38(3)37)11-12-25(26)35-17-27(28(29,30)31)34-19(35)2/h4-7,9,11-12,14-17H,8,10,13,32-33H2,1-3H3/b23-16-. The lowest BCUT2D eigenvalue weighted by atomic mass is 9.96. The molecule has 1 aromatic heterocycles. The van der Waals surface area contributed by atoms with Crippen molar-refractivity contribution in [1.82, 2.24) is 9.55 Å². The molecule has 10 heteroatoms. The number of hydrogen-bond acceptors (Lipinski definition) is 5. The molecule has 2 aromatic carbocycles. The Bertz CT molecular complexity index is 1470. The van der Waals surface area contributed by atoms with Crippen molar-refractivity contribution in [3.8, 4) is 16.8 Å². The number of anilines is 1. The summed E-state index contributed by atoms with van der Waals surface area (Å²) in [6, 6.07) is 12.6. The van der Waals surface area contributed by atoms with Crippen molar-refractivity contribution in [1.29, 1.82) is 0 Å². The van der Waals surface area contributed by atoms with Gasteiger partial charge in [0.15, 0.2) is 5.69 Å². The number of imidazole rings is 1. The van der Waals surface area contributed by atoms with E-state index in [2.05, 4.69) is 24.1 Å². The highest BCUT2D eigenvalue weighted by Gasteiger charge is 2.34. The molecule has 4 N–H and O–H groups in total. The van der Waals surface area contributed by atoms with E-state index in [9.17, 15) is 17.4 Å². The van der Waals surface area contributed by atoms with Gasteiger partial charge in [0.25, 0.3) is 0 Å².